The Kier molecular flexibility index (Phi) is 7.50. The Morgan fingerprint density at radius 3 is 2.63 bits per heavy atom. The zero-order chi connectivity index (χ0) is 18.7. The predicted molar refractivity (Wildman–Crippen MR) is 106 cm³/mol. The molecule has 2 heterocycles. The number of hydrogen-bond donors (Lipinski definition) is 2. The molecular weight excluding hydrogens is 390 g/mol. The molecule has 0 saturated carbocycles. The van der Waals surface area contributed by atoms with Crippen molar-refractivity contribution in [3.05, 3.63) is 23.8 Å². The van der Waals surface area contributed by atoms with Crippen LogP contribution in [0.2, 0.25) is 0 Å². The molecule has 2 atom stereocenters. The number of hydrogen-bond acceptors (Lipinski definition) is 5. The summed E-state index contributed by atoms with van der Waals surface area (Å²) in [7, 11) is -2.22. The molecule has 152 valence electrons. The van der Waals surface area contributed by atoms with Crippen LogP contribution in [0, 0.1) is 0 Å². The first-order valence-corrected chi connectivity index (χ1v) is 10.6. The molecule has 1 aromatic carbocycles. The molecule has 2 fully saturated rings. The number of piperidine rings is 1. The van der Waals surface area contributed by atoms with Crippen LogP contribution in [-0.4, -0.2) is 57.5 Å². The second-order valence-electron chi connectivity index (χ2n) is 7.03. The third-order valence-electron chi connectivity index (χ3n) is 5.07. The number of carbonyl (C=O) groups excluding carboxylic acids is 1. The van der Waals surface area contributed by atoms with E-state index in [1.807, 2.05) is 0 Å². The van der Waals surface area contributed by atoms with Crippen LogP contribution >= 0.6 is 12.4 Å². The van der Waals surface area contributed by atoms with Crippen molar-refractivity contribution in [1.29, 1.82) is 0 Å². The van der Waals surface area contributed by atoms with Crippen LogP contribution in [0.1, 0.15) is 43.0 Å². The minimum absolute atomic E-state index is 0. The summed E-state index contributed by atoms with van der Waals surface area (Å²) in [6.07, 6.45) is 3.44. The Bertz CT molecular complexity index is 766. The topological polar surface area (TPSA) is 87.7 Å². The van der Waals surface area contributed by atoms with Crippen LogP contribution in [0.25, 0.3) is 0 Å². The highest BCUT2D eigenvalue weighted by Crippen LogP contribution is 2.30. The fourth-order valence-electron chi connectivity index (χ4n) is 3.62. The van der Waals surface area contributed by atoms with Gasteiger partial charge in [0.05, 0.1) is 7.11 Å². The van der Waals surface area contributed by atoms with Gasteiger partial charge in [-0.2, -0.15) is 4.31 Å². The van der Waals surface area contributed by atoms with Gasteiger partial charge in [-0.05, 0) is 57.4 Å². The number of benzene rings is 1. The largest absolute Gasteiger partial charge is 0.495 e. The summed E-state index contributed by atoms with van der Waals surface area (Å²) in [5.41, 5.74) is 0.342. The van der Waals surface area contributed by atoms with Gasteiger partial charge in [-0.1, -0.05) is 0 Å². The van der Waals surface area contributed by atoms with Crippen molar-refractivity contribution in [2.45, 2.75) is 49.6 Å². The van der Waals surface area contributed by atoms with E-state index in [1.54, 1.807) is 12.1 Å². The molecule has 0 bridgehead atoms. The summed E-state index contributed by atoms with van der Waals surface area (Å²) in [6.45, 7) is 3.97. The summed E-state index contributed by atoms with van der Waals surface area (Å²) in [5.74, 6) is 0.0218. The van der Waals surface area contributed by atoms with Gasteiger partial charge in [0.2, 0.25) is 10.0 Å². The molecule has 1 amide bonds. The SMILES string of the molecule is COc1ccc(C(=O)NC2CCNC(C)C2)cc1S(=O)(=O)N1CCCC1.Cl. The van der Waals surface area contributed by atoms with Crippen molar-refractivity contribution in [3.63, 3.8) is 0 Å². The maximum absolute atomic E-state index is 12.9. The van der Waals surface area contributed by atoms with Gasteiger partial charge in [0, 0.05) is 30.7 Å². The number of nitrogens with zero attached hydrogens (tertiary/aromatic N) is 1. The minimum atomic E-state index is -3.66. The minimum Gasteiger partial charge on any atom is -0.495 e. The van der Waals surface area contributed by atoms with Crippen molar-refractivity contribution in [2.24, 2.45) is 0 Å². The maximum Gasteiger partial charge on any atom is 0.251 e. The lowest BCUT2D eigenvalue weighted by Gasteiger charge is -2.28. The smallest absolute Gasteiger partial charge is 0.251 e. The van der Waals surface area contributed by atoms with E-state index in [4.69, 9.17) is 4.74 Å². The zero-order valence-corrected chi connectivity index (χ0v) is 17.4. The number of nitrogens with one attached hydrogen (secondary N) is 2. The summed E-state index contributed by atoms with van der Waals surface area (Å²) >= 11 is 0. The van der Waals surface area contributed by atoms with Gasteiger partial charge in [-0.15, -0.1) is 12.4 Å². The van der Waals surface area contributed by atoms with E-state index in [1.165, 1.54) is 17.5 Å². The van der Waals surface area contributed by atoms with E-state index < -0.39 is 10.0 Å². The monoisotopic (exact) mass is 417 g/mol. The first-order chi connectivity index (χ1) is 12.4. The number of sulfonamides is 1. The van der Waals surface area contributed by atoms with Gasteiger partial charge in [-0.3, -0.25) is 4.79 Å². The van der Waals surface area contributed by atoms with Crippen molar-refractivity contribution in [2.75, 3.05) is 26.7 Å². The van der Waals surface area contributed by atoms with E-state index >= 15 is 0 Å². The van der Waals surface area contributed by atoms with Gasteiger partial charge in [0.15, 0.2) is 0 Å². The number of rotatable bonds is 5. The zero-order valence-electron chi connectivity index (χ0n) is 15.7. The van der Waals surface area contributed by atoms with Crippen LogP contribution in [0.4, 0.5) is 0 Å². The second kappa shape index (κ2) is 9.23. The van der Waals surface area contributed by atoms with Gasteiger partial charge >= 0.3 is 0 Å². The average molecular weight is 418 g/mol. The van der Waals surface area contributed by atoms with Crippen LogP contribution in [0.3, 0.4) is 0 Å². The Hall–Kier alpha value is -1.35. The van der Waals surface area contributed by atoms with Crippen molar-refractivity contribution < 1.29 is 17.9 Å². The van der Waals surface area contributed by atoms with E-state index in [0.717, 1.165) is 32.2 Å². The highest BCUT2D eigenvalue weighted by Gasteiger charge is 2.31. The van der Waals surface area contributed by atoms with E-state index in [2.05, 4.69) is 17.6 Å². The Morgan fingerprint density at radius 1 is 1.30 bits per heavy atom. The van der Waals surface area contributed by atoms with Crippen molar-refractivity contribution >= 4 is 28.3 Å². The quantitative estimate of drug-likeness (QED) is 0.762. The van der Waals surface area contributed by atoms with E-state index in [0.29, 0.717) is 24.7 Å². The number of amides is 1. The normalized spacial score (nSPS) is 23.5. The Morgan fingerprint density at radius 2 is 2.00 bits per heavy atom. The first-order valence-electron chi connectivity index (χ1n) is 9.14. The van der Waals surface area contributed by atoms with Crippen molar-refractivity contribution in [1.82, 2.24) is 14.9 Å². The standard InChI is InChI=1S/C18H27N3O4S.ClH/c1-13-11-15(7-8-19-13)20-18(22)14-5-6-16(25-2)17(12-14)26(23,24)21-9-3-4-10-21;/h5-6,12-13,15,19H,3-4,7-11H2,1-2H3,(H,20,22);1H. The molecule has 9 heteroatoms. The molecule has 0 aliphatic carbocycles. The van der Waals surface area contributed by atoms with E-state index in [-0.39, 0.29) is 35.0 Å². The molecule has 0 radical (unpaired) electrons. The molecule has 2 saturated heterocycles. The molecule has 2 aliphatic rings. The highest BCUT2D eigenvalue weighted by molar-refractivity contribution is 7.89. The van der Waals surface area contributed by atoms with Crippen LogP contribution in [0.15, 0.2) is 23.1 Å². The van der Waals surface area contributed by atoms with Gasteiger partial charge < -0.3 is 15.4 Å². The lowest BCUT2D eigenvalue weighted by atomic mass is 10.0. The average Bonchev–Trinajstić information content (AvgIpc) is 3.16. The van der Waals surface area contributed by atoms with Crippen LogP contribution in [-0.2, 0) is 10.0 Å². The molecule has 7 nitrogen and oxygen atoms in total. The third kappa shape index (κ3) is 4.93. The predicted octanol–water partition coefficient (Wildman–Crippen LogP) is 1.77. The van der Waals surface area contributed by atoms with Crippen molar-refractivity contribution in [3.8, 4) is 5.75 Å². The summed E-state index contributed by atoms with van der Waals surface area (Å²) < 4.78 is 32.6. The Balaban J connectivity index is 0.00000261. The molecule has 2 unspecified atom stereocenters. The molecule has 1 aromatic rings. The second-order valence-corrected chi connectivity index (χ2v) is 8.93. The summed E-state index contributed by atoms with van der Waals surface area (Å²) in [6, 6.07) is 5.06. The lowest BCUT2D eigenvalue weighted by Crippen LogP contribution is -2.46. The number of carbonyl (C=O) groups is 1. The lowest BCUT2D eigenvalue weighted by molar-refractivity contribution is 0.0925. The fourth-order valence-corrected chi connectivity index (χ4v) is 5.32. The molecular formula is C18H28ClN3O4S. The first kappa shape index (κ1) is 21.9. The van der Waals surface area contributed by atoms with Crippen LogP contribution < -0.4 is 15.4 Å². The Labute approximate surface area is 167 Å². The maximum atomic E-state index is 12.9. The third-order valence-corrected chi connectivity index (χ3v) is 6.99. The molecule has 0 spiro atoms. The fraction of sp³-hybridized carbons (Fsp3) is 0.611. The van der Waals surface area contributed by atoms with E-state index in [9.17, 15) is 13.2 Å². The van der Waals surface area contributed by atoms with Crippen LogP contribution in [0.5, 0.6) is 5.75 Å². The summed E-state index contributed by atoms with van der Waals surface area (Å²) in [5, 5.41) is 6.37. The molecule has 2 aliphatic heterocycles. The van der Waals surface area contributed by atoms with Gasteiger partial charge in [-0.25, -0.2) is 8.42 Å². The van der Waals surface area contributed by atoms with Gasteiger partial charge in [0.25, 0.3) is 5.91 Å². The molecule has 2 N–H and O–H groups in total. The molecule has 0 aromatic heterocycles. The number of halogens is 1. The molecule has 3 rings (SSSR count). The number of ether oxygens (including phenoxy) is 1. The van der Waals surface area contributed by atoms with Gasteiger partial charge in [0.1, 0.15) is 10.6 Å². The highest BCUT2D eigenvalue weighted by atomic mass is 35.5. The summed E-state index contributed by atoms with van der Waals surface area (Å²) in [4.78, 5) is 12.7. The number of methoxy groups -OCH3 is 1. The molecule has 27 heavy (non-hydrogen) atoms.